The number of nitrogens with two attached hydrogens (primary N) is 1. The van der Waals surface area contributed by atoms with Gasteiger partial charge in [-0.05, 0) is 56.4 Å². The van der Waals surface area contributed by atoms with E-state index in [2.05, 4.69) is 16.4 Å². The monoisotopic (exact) mass is 388 g/mol. The molecule has 0 unspecified atom stereocenters. The summed E-state index contributed by atoms with van der Waals surface area (Å²) in [5.41, 5.74) is 11.8. The minimum absolute atomic E-state index is 0.200. The first-order valence-electron chi connectivity index (χ1n) is 9.48. The number of anilines is 2. The Labute approximate surface area is 166 Å². The lowest BCUT2D eigenvalue weighted by Gasteiger charge is -2.14. The molecule has 3 N–H and O–H groups in total. The molecule has 1 amide bonds. The highest BCUT2D eigenvalue weighted by atomic mass is 32.1. The molecule has 0 radical (unpaired) electrons. The maximum atomic E-state index is 13.1. The van der Waals surface area contributed by atoms with Gasteiger partial charge in [0.1, 0.15) is 9.71 Å². The van der Waals surface area contributed by atoms with Crippen molar-refractivity contribution in [2.45, 2.75) is 32.6 Å². The van der Waals surface area contributed by atoms with Crippen molar-refractivity contribution in [3.8, 4) is 0 Å². The number of fused-ring (bicyclic) bond motifs is 3. The van der Waals surface area contributed by atoms with Gasteiger partial charge in [0.2, 0.25) is 0 Å². The largest absolute Gasteiger partial charge is 0.397 e. The first kappa shape index (κ1) is 17.1. The number of hydrogen-bond donors (Lipinski definition) is 2. The fraction of sp³-hybridized carbons (Fsp3) is 0.227. The molecule has 0 aliphatic heterocycles. The third-order valence-electron chi connectivity index (χ3n) is 5.30. The molecule has 1 aromatic carbocycles. The summed E-state index contributed by atoms with van der Waals surface area (Å²) in [6, 6.07) is 11.8. The second-order valence-corrected chi connectivity index (χ2v) is 8.28. The van der Waals surface area contributed by atoms with Crippen molar-refractivity contribution in [2.24, 2.45) is 0 Å². The molecule has 140 valence electrons. The summed E-state index contributed by atoms with van der Waals surface area (Å²) in [5.74, 6) is -0.200. The summed E-state index contributed by atoms with van der Waals surface area (Å²) in [6.45, 7) is 1.92. The van der Waals surface area contributed by atoms with E-state index in [-0.39, 0.29) is 5.91 Å². The quantitative estimate of drug-likeness (QED) is 0.513. The smallest absolute Gasteiger partial charge is 0.267 e. The lowest BCUT2D eigenvalue weighted by atomic mass is 9.95. The van der Waals surface area contributed by atoms with Crippen LogP contribution in [0.1, 0.15) is 39.5 Å². The van der Waals surface area contributed by atoms with E-state index in [4.69, 9.17) is 10.7 Å². The molecular weight excluding hydrogens is 368 g/mol. The molecule has 6 heteroatoms. The van der Waals surface area contributed by atoms with Gasteiger partial charge in [0.15, 0.2) is 0 Å². The fourth-order valence-corrected chi connectivity index (χ4v) is 4.91. The molecular formula is C22H20N4OS. The average Bonchev–Trinajstić information content (AvgIpc) is 3.02. The number of nitrogens with one attached hydrogen (secondary N) is 1. The molecule has 0 atom stereocenters. The Hall–Kier alpha value is -2.99. The van der Waals surface area contributed by atoms with E-state index in [0.717, 1.165) is 51.0 Å². The zero-order valence-electron chi connectivity index (χ0n) is 15.6. The molecule has 5 nitrogen and oxygen atoms in total. The van der Waals surface area contributed by atoms with Gasteiger partial charge in [-0.3, -0.25) is 9.78 Å². The van der Waals surface area contributed by atoms with Crippen LogP contribution in [0, 0.1) is 6.92 Å². The average molecular weight is 388 g/mol. The maximum absolute atomic E-state index is 13.1. The number of carbonyl (C=O) groups is 1. The predicted molar refractivity (Wildman–Crippen MR) is 115 cm³/mol. The molecule has 5 rings (SSSR count). The standard InChI is InChI=1S/C22H20N4OS/c1-12-10-18(14-7-3-5-9-17(14)24-12)25-21(27)20-19(23)15-11-13-6-2-4-8-16(13)26-22(15)28-20/h3,5,7,9-11H,2,4,6,8,23H2,1H3,(H,24,25,27). The summed E-state index contributed by atoms with van der Waals surface area (Å²) in [6.07, 6.45) is 4.41. The molecule has 4 aromatic rings. The van der Waals surface area contributed by atoms with Crippen LogP contribution in [0.2, 0.25) is 0 Å². The lowest BCUT2D eigenvalue weighted by molar-refractivity contribution is 0.103. The van der Waals surface area contributed by atoms with Crippen LogP contribution in [0.15, 0.2) is 36.4 Å². The maximum Gasteiger partial charge on any atom is 0.267 e. The Balaban J connectivity index is 1.56. The first-order chi connectivity index (χ1) is 13.6. The van der Waals surface area contributed by atoms with Crippen molar-refractivity contribution in [2.75, 3.05) is 11.1 Å². The Morgan fingerprint density at radius 2 is 1.93 bits per heavy atom. The number of para-hydroxylation sites is 1. The van der Waals surface area contributed by atoms with Crippen LogP contribution in [0.3, 0.4) is 0 Å². The summed E-state index contributed by atoms with van der Waals surface area (Å²) in [5, 5.41) is 4.84. The third-order valence-corrected chi connectivity index (χ3v) is 6.41. The van der Waals surface area contributed by atoms with Gasteiger partial charge in [0.05, 0.1) is 16.9 Å². The van der Waals surface area contributed by atoms with Crippen LogP contribution >= 0.6 is 11.3 Å². The topological polar surface area (TPSA) is 80.9 Å². The van der Waals surface area contributed by atoms with Crippen molar-refractivity contribution in [1.29, 1.82) is 0 Å². The summed E-state index contributed by atoms with van der Waals surface area (Å²) < 4.78 is 0. The molecule has 0 fully saturated rings. The van der Waals surface area contributed by atoms with Crippen LogP contribution in [-0.4, -0.2) is 15.9 Å². The number of pyridine rings is 2. The van der Waals surface area contributed by atoms with Crippen molar-refractivity contribution >= 4 is 49.7 Å². The van der Waals surface area contributed by atoms with E-state index in [0.29, 0.717) is 10.6 Å². The molecule has 3 heterocycles. The number of hydrogen-bond acceptors (Lipinski definition) is 5. The van der Waals surface area contributed by atoms with E-state index >= 15 is 0 Å². The fourth-order valence-electron chi connectivity index (χ4n) is 3.92. The molecule has 1 aliphatic rings. The number of nitrogens with zero attached hydrogens (tertiary/aromatic N) is 2. The highest BCUT2D eigenvalue weighted by Gasteiger charge is 2.21. The second-order valence-electron chi connectivity index (χ2n) is 7.28. The first-order valence-corrected chi connectivity index (χ1v) is 10.3. The van der Waals surface area contributed by atoms with Gasteiger partial charge < -0.3 is 11.1 Å². The Morgan fingerprint density at radius 3 is 2.82 bits per heavy atom. The second kappa shape index (κ2) is 6.56. The van der Waals surface area contributed by atoms with Crippen LogP contribution in [-0.2, 0) is 12.8 Å². The SMILES string of the molecule is Cc1cc(NC(=O)c2sc3nc4c(cc3c2N)CCCC4)c2ccccc2n1. The molecule has 0 saturated heterocycles. The summed E-state index contributed by atoms with van der Waals surface area (Å²) in [7, 11) is 0. The third kappa shape index (κ3) is 2.81. The van der Waals surface area contributed by atoms with Gasteiger partial charge in [-0.15, -0.1) is 11.3 Å². The summed E-state index contributed by atoms with van der Waals surface area (Å²) >= 11 is 1.37. The number of rotatable bonds is 2. The van der Waals surface area contributed by atoms with E-state index in [1.807, 2.05) is 37.3 Å². The molecule has 28 heavy (non-hydrogen) atoms. The summed E-state index contributed by atoms with van der Waals surface area (Å²) in [4.78, 5) is 23.7. The molecule has 0 saturated carbocycles. The molecule has 0 bridgehead atoms. The van der Waals surface area contributed by atoms with Crippen molar-refractivity contribution < 1.29 is 4.79 Å². The minimum atomic E-state index is -0.200. The van der Waals surface area contributed by atoms with Gasteiger partial charge in [0.25, 0.3) is 5.91 Å². The normalized spacial score (nSPS) is 13.6. The lowest BCUT2D eigenvalue weighted by Crippen LogP contribution is -2.12. The van der Waals surface area contributed by atoms with E-state index < -0.39 is 0 Å². The number of aryl methyl sites for hydroxylation is 3. The van der Waals surface area contributed by atoms with E-state index in [1.54, 1.807) is 0 Å². The van der Waals surface area contributed by atoms with Gasteiger partial charge in [0, 0.05) is 22.2 Å². The molecule has 1 aliphatic carbocycles. The van der Waals surface area contributed by atoms with Crippen molar-refractivity contribution in [3.63, 3.8) is 0 Å². The van der Waals surface area contributed by atoms with Crippen LogP contribution in [0.4, 0.5) is 11.4 Å². The number of amides is 1. The van der Waals surface area contributed by atoms with Gasteiger partial charge in [-0.2, -0.15) is 0 Å². The van der Waals surface area contributed by atoms with Crippen molar-refractivity contribution in [1.82, 2.24) is 9.97 Å². The number of benzene rings is 1. The van der Waals surface area contributed by atoms with E-state index in [1.165, 1.54) is 29.7 Å². The van der Waals surface area contributed by atoms with E-state index in [9.17, 15) is 4.79 Å². The highest BCUT2D eigenvalue weighted by Crippen LogP contribution is 2.36. The Morgan fingerprint density at radius 1 is 1.11 bits per heavy atom. The zero-order chi connectivity index (χ0) is 19.3. The Kier molecular flexibility index (Phi) is 4.02. The van der Waals surface area contributed by atoms with Gasteiger partial charge >= 0.3 is 0 Å². The van der Waals surface area contributed by atoms with Crippen LogP contribution in [0.25, 0.3) is 21.1 Å². The van der Waals surface area contributed by atoms with Crippen LogP contribution in [0.5, 0.6) is 0 Å². The van der Waals surface area contributed by atoms with Gasteiger partial charge in [-0.25, -0.2) is 4.98 Å². The number of nitrogen functional groups attached to an aromatic ring is 1. The molecule has 3 aromatic heterocycles. The van der Waals surface area contributed by atoms with Crippen molar-refractivity contribution in [3.05, 3.63) is 58.2 Å². The zero-order valence-corrected chi connectivity index (χ0v) is 16.4. The number of carbonyl (C=O) groups excluding carboxylic acids is 1. The molecule has 0 spiro atoms. The number of aromatic nitrogens is 2. The highest BCUT2D eigenvalue weighted by molar-refractivity contribution is 7.21. The predicted octanol–water partition coefficient (Wildman–Crippen LogP) is 4.87. The Bertz CT molecular complexity index is 1240. The van der Waals surface area contributed by atoms with Gasteiger partial charge in [-0.1, -0.05) is 18.2 Å². The number of thiophene rings is 1. The van der Waals surface area contributed by atoms with Crippen LogP contribution < -0.4 is 11.1 Å². The minimum Gasteiger partial charge on any atom is -0.397 e.